The number of nitrogens with two attached hydrogens (primary N) is 1. The van der Waals surface area contributed by atoms with Crippen molar-refractivity contribution < 1.29 is 15.3 Å². The SMILES string of the molecule is Nc1cc(CN=Cc2c(O)[nH]c(=O)c3ccc(-n4nnc5ccccc54)cc23)cc(O)c1O. The summed E-state index contributed by atoms with van der Waals surface area (Å²) in [6.07, 6.45) is 1.43. The van der Waals surface area contributed by atoms with Crippen molar-refractivity contribution in [1.82, 2.24) is 20.0 Å². The van der Waals surface area contributed by atoms with Crippen molar-refractivity contribution in [2.45, 2.75) is 6.54 Å². The van der Waals surface area contributed by atoms with Crippen molar-refractivity contribution in [3.8, 4) is 23.1 Å². The summed E-state index contributed by atoms with van der Waals surface area (Å²) in [4.78, 5) is 19.1. The number of hydrogen-bond donors (Lipinski definition) is 5. The van der Waals surface area contributed by atoms with E-state index >= 15 is 0 Å². The standard InChI is InChI=1S/C23H18N6O4/c24-17-7-12(8-20(30)21(17)31)10-25-11-16-15-9-13(5-6-14(15)22(32)26-23(16)33)29-19-4-2-1-3-18(19)27-28-29/h1-9,11,30-31H,10,24H2,(H2,26,32,33). The molecule has 0 fully saturated rings. The van der Waals surface area contributed by atoms with Crippen LogP contribution in [0.5, 0.6) is 17.4 Å². The van der Waals surface area contributed by atoms with Gasteiger partial charge in [-0.1, -0.05) is 17.3 Å². The molecule has 0 bridgehead atoms. The predicted octanol–water partition coefficient (Wildman–Crippen LogP) is 2.58. The molecule has 0 aliphatic heterocycles. The molecule has 0 unspecified atom stereocenters. The number of pyridine rings is 1. The second kappa shape index (κ2) is 7.68. The fourth-order valence-corrected chi connectivity index (χ4v) is 3.68. The minimum absolute atomic E-state index is 0.0299. The van der Waals surface area contributed by atoms with Crippen molar-refractivity contribution in [1.29, 1.82) is 0 Å². The fraction of sp³-hybridized carbons (Fsp3) is 0.0435. The molecule has 3 aromatic carbocycles. The summed E-state index contributed by atoms with van der Waals surface area (Å²) in [5.41, 5.74) is 8.31. The first-order chi connectivity index (χ1) is 15.9. The molecular formula is C23H18N6O4. The Morgan fingerprint density at radius 1 is 1.06 bits per heavy atom. The van der Waals surface area contributed by atoms with E-state index in [-0.39, 0.29) is 29.6 Å². The largest absolute Gasteiger partial charge is 0.504 e. The molecule has 2 aromatic heterocycles. The number of rotatable bonds is 4. The van der Waals surface area contributed by atoms with Crippen LogP contribution in [-0.2, 0) is 6.54 Å². The zero-order valence-electron chi connectivity index (χ0n) is 17.1. The van der Waals surface area contributed by atoms with Gasteiger partial charge in [0.05, 0.1) is 29.0 Å². The van der Waals surface area contributed by atoms with E-state index in [9.17, 15) is 20.1 Å². The summed E-state index contributed by atoms with van der Waals surface area (Å²) in [6, 6.07) is 15.5. The number of phenols is 2. The van der Waals surface area contributed by atoms with Gasteiger partial charge < -0.3 is 21.1 Å². The molecule has 0 aliphatic carbocycles. The number of fused-ring (bicyclic) bond motifs is 2. The van der Waals surface area contributed by atoms with Gasteiger partial charge in [0.25, 0.3) is 5.56 Å². The van der Waals surface area contributed by atoms with Gasteiger partial charge >= 0.3 is 0 Å². The lowest BCUT2D eigenvalue weighted by atomic mass is 10.1. The second-order valence-electron chi connectivity index (χ2n) is 7.46. The molecular weight excluding hydrogens is 424 g/mol. The first kappa shape index (κ1) is 20.1. The number of hydrogen-bond acceptors (Lipinski definition) is 8. The third kappa shape index (κ3) is 3.49. The molecule has 5 aromatic rings. The number of nitrogen functional groups attached to an aromatic ring is 1. The number of para-hydroxylation sites is 1. The Bertz CT molecular complexity index is 1600. The molecule has 6 N–H and O–H groups in total. The van der Waals surface area contributed by atoms with E-state index in [2.05, 4.69) is 20.3 Å². The number of aromatic hydroxyl groups is 3. The Morgan fingerprint density at radius 2 is 1.88 bits per heavy atom. The normalized spacial score (nSPS) is 11.6. The predicted molar refractivity (Wildman–Crippen MR) is 124 cm³/mol. The highest BCUT2D eigenvalue weighted by Gasteiger charge is 2.13. The lowest BCUT2D eigenvalue weighted by Gasteiger charge is -2.08. The maximum atomic E-state index is 12.4. The minimum atomic E-state index is -0.439. The van der Waals surface area contributed by atoms with Crippen molar-refractivity contribution in [2.24, 2.45) is 4.99 Å². The van der Waals surface area contributed by atoms with Gasteiger partial charge in [-0.2, -0.15) is 0 Å². The molecule has 0 atom stereocenters. The van der Waals surface area contributed by atoms with E-state index in [4.69, 9.17) is 5.73 Å². The first-order valence-electron chi connectivity index (χ1n) is 9.92. The first-order valence-corrected chi connectivity index (χ1v) is 9.92. The Balaban J connectivity index is 1.59. The van der Waals surface area contributed by atoms with Gasteiger partial charge in [-0.25, -0.2) is 4.68 Å². The number of phenolic OH excluding ortho intramolecular Hbond substituents is 2. The molecule has 164 valence electrons. The van der Waals surface area contributed by atoms with Crippen LogP contribution in [0.1, 0.15) is 11.1 Å². The third-order valence-electron chi connectivity index (χ3n) is 5.29. The molecule has 33 heavy (non-hydrogen) atoms. The highest BCUT2D eigenvalue weighted by molar-refractivity contribution is 6.02. The van der Waals surface area contributed by atoms with Crippen molar-refractivity contribution >= 4 is 33.7 Å². The Kier molecular flexibility index (Phi) is 4.67. The smallest absolute Gasteiger partial charge is 0.258 e. The van der Waals surface area contributed by atoms with Crippen LogP contribution in [0.3, 0.4) is 0 Å². The average Bonchev–Trinajstić information content (AvgIpc) is 3.23. The average molecular weight is 442 g/mol. The summed E-state index contributed by atoms with van der Waals surface area (Å²) >= 11 is 0. The Labute approximate surface area is 185 Å². The molecule has 0 saturated carbocycles. The fourth-order valence-electron chi connectivity index (χ4n) is 3.68. The molecule has 0 aliphatic rings. The highest BCUT2D eigenvalue weighted by Crippen LogP contribution is 2.32. The topological polar surface area (TPSA) is 163 Å². The lowest BCUT2D eigenvalue weighted by Crippen LogP contribution is -2.09. The number of anilines is 1. The Hall–Kier alpha value is -4.86. The van der Waals surface area contributed by atoms with E-state index in [0.29, 0.717) is 27.6 Å². The minimum Gasteiger partial charge on any atom is -0.504 e. The van der Waals surface area contributed by atoms with E-state index in [1.807, 2.05) is 24.3 Å². The third-order valence-corrected chi connectivity index (χ3v) is 5.29. The van der Waals surface area contributed by atoms with Crippen molar-refractivity contribution in [3.05, 3.63) is 76.1 Å². The quantitative estimate of drug-likeness (QED) is 0.162. The number of nitrogens with one attached hydrogen (secondary N) is 1. The zero-order valence-corrected chi connectivity index (χ0v) is 17.1. The number of aromatic nitrogens is 4. The summed E-state index contributed by atoms with van der Waals surface area (Å²) in [5, 5.41) is 39.0. The zero-order chi connectivity index (χ0) is 23.1. The monoisotopic (exact) mass is 442 g/mol. The lowest BCUT2D eigenvalue weighted by molar-refractivity contribution is 0.405. The van der Waals surface area contributed by atoms with Crippen LogP contribution in [0, 0.1) is 0 Å². The molecule has 10 heteroatoms. The van der Waals surface area contributed by atoms with Gasteiger partial charge in [-0.15, -0.1) is 5.10 Å². The molecule has 5 rings (SSSR count). The maximum absolute atomic E-state index is 12.4. The van der Waals surface area contributed by atoms with E-state index in [0.717, 1.165) is 11.0 Å². The second-order valence-corrected chi connectivity index (χ2v) is 7.46. The summed E-state index contributed by atoms with van der Waals surface area (Å²) < 4.78 is 1.65. The van der Waals surface area contributed by atoms with Gasteiger partial charge in [0.2, 0.25) is 5.88 Å². The van der Waals surface area contributed by atoms with Crippen LogP contribution in [-0.4, -0.2) is 41.5 Å². The molecule has 10 nitrogen and oxygen atoms in total. The summed E-state index contributed by atoms with van der Waals surface area (Å²) in [6.45, 7) is 0.117. The van der Waals surface area contributed by atoms with Gasteiger partial charge in [-0.05, 0) is 48.0 Å². The van der Waals surface area contributed by atoms with Gasteiger partial charge in [0.15, 0.2) is 11.5 Å². The maximum Gasteiger partial charge on any atom is 0.258 e. The van der Waals surface area contributed by atoms with Crippen LogP contribution >= 0.6 is 0 Å². The van der Waals surface area contributed by atoms with Gasteiger partial charge in [-0.3, -0.25) is 14.8 Å². The number of aromatic amines is 1. The van der Waals surface area contributed by atoms with Crippen LogP contribution < -0.4 is 11.3 Å². The molecule has 0 spiro atoms. The van der Waals surface area contributed by atoms with Crippen LogP contribution in [0.15, 0.2) is 64.4 Å². The molecule has 0 amide bonds. The van der Waals surface area contributed by atoms with Crippen molar-refractivity contribution in [2.75, 3.05) is 5.73 Å². The van der Waals surface area contributed by atoms with Crippen LogP contribution in [0.2, 0.25) is 0 Å². The summed E-state index contributed by atoms with van der Waals surface area (Å²) in [7, 11) is 0. The number of H-pyrrole nitrogens is 1. The number of nitrogens with zero attached hydrogens (tertiary/aromatic N) is 4. The van der Waals surface area contributed by atoms with Gasteiger partial charge in [0.1, 0.15) is 5.52 Å². The van der Waals surface area contributed by atoms with E-state index in [1.54, 1.807) is 22.9 Å². The molecule has 0 saturated heterocycles. The van der Waals surface area contributed by atoms with Crippen molar-refractivity contribution in [3.63, 3.8) is 0 Å². The number of benzene rings is 3. The van der Waals surface area contributed by atoms with Crippen LogP contribution in [0.25, 0.3) is 27.5 Å². The highest BCUT2D eigenvalue weighted by atomic mass is 16.3. The molecule has 0 radical (unpaired) electrons. The molecule has 2 heterocycles. The summed E-state index contributed by atoms with van der Waals surface area (Å²) in [5.74, 6) is -1.06. The van der Waals surface area contributed by atoms with E-state index in [1.165, 1.54) is 18.3 Å². The van der Waals surface area contributed by atoms with Crippen LogP contribution in [0.4, 0.5) is 5.69 Å². The Morgan fingerprint density at radius 3 is 2.70 bits per heavy atom. The number of aliphatic imine (C=N–C) groups is 1. The van der Waals surface area contributed by atoms with Gasteiger partial charge in [0, 0.05) is 17.0 Å². The van der Waals surface area contributed by atoms with E-state index < -0.39 is 5.56 Å².